The summed E-state index contributed by atoms with van der Waals surface area (Å²) in [5.41, 5.74) is 1.34. The number of nitrogens with one attached hydrogen (secondary N) is 1. The average molecular weight is 412 g/mol. The van der Waals surface area contributed by atoms with Crippen LogP contribution in [0.15, 0.2) is 54.6 Å². The SMILES string of the molecule is O=C(Nc1ccc(F)cc1F)C1CCCN(c2ccc(-c3ccc(F)cc3)nn2)C1. The van der Waals surface area contributed by atoms with E-state index in [9.17, 15) is 18.0 Å². The van der Waals surface area contributed by atoms with Gasteiger partial charge in [0.1, 0.15) is 17.5 Å². The summed E-state index contributed by atoms with van der Waals surface area (Å²) in [6, 6.07) is 12.7. The van der Waals surface area contributed by atoms with Gasteiger partial charge in [-0.05, 0) is 61.4 Å². The highest BCUT2D eigenvalue weighted by Crippen LogP contribution is 2.25. The molecular formula is C22H19F3N4O. The second-order valence-corrected chi connectivity index (χ2v) is 7.18. The van der Waals surface area contributed by atoms with Crippen LogP contribution < -0.4 is 10.2 Å². The maximum atomic E-state index is 13.8. The fraction of sp³-hybridized carbons (Fsp3) is 0.227. The summed E-state index contributed by atoms with van der Waals surface area (Å²) in [4.78, 5) is 14.5. The lowest BCUT2D eigenvalue weighted by molar-refractivity contribution is -0.120. The molecule has 2 aromatic carbocycles. The largest absolute Gasteiger partial charge is 0.354 e. The smallest absolute Gasteiger partial charge is 0.229 e. The lowest BCUT2D eigenvalue weighted by atomic mass is 9.97. The van der Waals surface area contributed by atoms with Crippen LogP contribution in [-0.4, -0.2) is 29.2 Å². The zero-order valence-electron chi connectivity index (χ0n) is 16.0. The number of benzene rings is 2. The molecule has 8 heteroatoms. The molecule has 0 bridgehead atoms. The number of rotatable bonds is 4. The Hall–Kier alpha value is -3.42. The van der Waals surface area contributed by atoms with Crippen molar-refractivity contribution in [2.75, 3.05) is 23.3 Å². The van der Waals surface area contributed by atoms with Crippen LogP contribution in [0.5, 0.6) is 0 Å². The number of carbonyl (C=O) groups excluding carboxylic acids is 1. The zero-order valence-corrected chi connectivity index (χ0v) is 16.0. The third kappa shape index (κ3) is 4.42. The highest BCUT2D eigenvalue weighted by atomic mass is 19.1. The van der Waals surface area contributed by atoms with Gasteiger partial charge in [-0.2, -0.15) is 0 Å². The Labute approximate surface area is 171 Å². The number of carbonyl (C=O) groups is 1. The maximum Gasteiger partial charge on any atom is 0.229 e. The predicted octanol–water partition coefficient (Wildman–Crippen LogP) is 4.42. The van der Waals surface area contributed by atoms with E-state index < -0.39 is 11.6 Å². The second kappa shape index (κ2) is 8.52. The Kier molecular flexibility index (Phi) is 5.65. The number of piperidine rings is 1. The maximum absolute atomic E-state index is 13.8. The van der Waals surface area contributed by atoms with E-state index in [0.717, 1.165) is 30.7 Å². The molecule has 0 aliphatic carbocycles. The summed E-state index contributed by atoms with van der Waals surface area (Å²) in [5, 5.41) is 11.0. The minimum Gasteiger partial charge on any atom is -0.354 e. The summed E-state index contributed by atoms with van der Waals surface area (Å²) >= 11 is 0. The Morgan fingerprint density at radius 3 is 2.43 bits per heavy atom. The lowest BCUT2D eigenvalue weighted by Crippen LogP contribution is -2.41. The molecule has 0 spiro atoms. The number of nitrogens with zero attached hydrogens (tertiary/aromatic N) is 3. The van der Waals surface area contributed by atoms with E-state index in [-0.39, 0.29) is 23.3 Å². The van der Waals surface area contributed by atoms with Crippen molar-refractivity contribution in [3.05, 3.63) is 72.0 Å². The highest BCUT2D eigenvalue weighted by molar-refractivity contribution is 5.93. The van der Waals surface area contributed by atoms with Gasteiger partial charge < -0.3 is 10.2 Å². The molecule has 30 heavy (non-hydrogen) atoms. The van der Waals surface area contributed by atoms with Crippen molar-refractivity contribution in [2.45, 2.75) is 12.8 Å². The Morgan fingerprint density at radius 2 is 1.73 bits per heavy atom. The molecule has 1 aromatic heterocycles. The van der Waals surface area contributed by atoms with Crippen LogP contribution in [0.3, 0.4) is 0 Å². The number of anilines is 2. The standard InChI is InChI=1S/C22H19F3N4O/c23-16-5-3-14(4-6-16)19-9-10-21(28-27-19)29-11-1-2-15(13-29)22(30)26-20-8-7-17(24)12-18(20)25/h3-10,12,15H,1-2,11,13H2,(H,26,30). The van der Waals surface area contributed by atoms with Crippen molar-refractivity contribution in [2.24, 2.45) is 5.92 Å². The fourth-order valence-electron chi connectivity index (χ4n) is 3.49. The second-order valence-electron chi connectivity index (χ2n) is 7.18. The molecule has 1 atom stereocenters. The first-order chi connectivity index (χ1) is 14.5. The third-order valence-electron chi connectivity index (χ3n) is 5.10. The molecule has 1 aliphatic rings. The van der Waals surface area contributed by atoms with Crippen LogP contribution in [0.2, 0.25) is 0 Å². The quantitative estimate of drug-likeness (QED) is 0.690. The van der Waals surface area contributed by atoms with Crippen molar-refractivity contribution >= 4 is 17.4 Å². The van der Waals surface area contributed by atoms with Crippen molar-refractivity contribution in [3.63, 3.8) is 0 Å². The van der Waals surface area contributed by atoms with E-state index in [1.807, 2.05) is 11.0 Å². The first-order valence-electron chi connectivity index (χ1n) is 9.60. The summed E-state index contributed by atoms with van der Waals surface area (Å²) in [6.45, 7) is 1.14. The minimum atomic E-state index is -0.807. The van der Waals surface area contributed by atoms with Crippen LogP contribution in [0.1, 0.15) is 12.8 Å². The lowest BCUT2D eigenvalue weighted by Gasteiger charge is -2.32. The van der Waals surface area contributed by atoms with Crippen LogP contribution >= 0.6 is 0 Å². The topological polar surface area (TPSA) is 58.1 Å². The summed E-state index contributed by atoms with van der Waals surface area (Å²) in [5.74, 6) is -1.87. The van der Waals surface area contributed by atoms with Gasteiger partial charge in [-0.1, -0.05) is 0 Å². The van der Waals surface area contributed by atoms with E-state index in [0.29, 0.717) is 24.5 Å². The van der Waals surface area contributed by atoms with Gasteiger partial charge in [0.15, 0.2) is 5.82 Å². The van der Waals surface area contributed by atoms with Gasteiger partial charge in [0, 0.05) is 24.7 Å². The number of amides is 1. The molecule has 0 radical (unpaired) electrons. The fourth-order valence-corrected chi connectivity index (χ4v) is 3.49. The Morgan fingerprint density at radius 1 is 0.967 bits per heavy atom. The van der Waals surface area contributed by atoms with Gasteiger partial charge >= 0.3 is 0 Å². The van der Waals surface area contributed by atoms with E-state index >= 15 is 0 Å². The molecule has 1 amide bonds. The molecule has 5 nitrogen and oxygen atoms in total. The molecule has 1 unspecified atom stereocenters. The normalized spacial score (nSPS) is 16.4. The predicted molar refractivity (Wildman–Crippen MR) is 107 cm³/mol. The number of hydrogen-bond acceptors (Lipinski definition) is 4. The molecule has 0 saturated carbocycles. The first-order valence-corrected chi connectivity index (χ1v) is 9.60. The number of halogens is 3. The molecule has 4 rings (SSSR count). The van der Waals surface area contributed by atoms with Crippen LogP contribution in [-0.2, 0) is 4.79 Å². The van der Waals surface area contributed by atoms with Crippen LogP contribution in [0.4, 0.5) is 24.7 Å². The van der Waals surface area contributed by atoms with Crippen molar-refractivity contribution in [1.29, 1.82) is 0 Å². The Bertz CT molecular complexity index is 1040. The van der Waals surface area contributed by atoms with Crippen molar-refractivity contribution < 1.29 is 18.0 Å². The molecule has 1 N–H and O–H groups in total. The monoisotopic (exact) mass is 412 g/mol. The summed E-state index contributed by atoms with van der Waals surface area (Å²) in [6.07, 6.45) is 1.43. The van der Waals surface area contributed by atoms with Gasteiger partial charge in [0.05, 0.1) is 17.3 Å². The van der Waals surface area contributed by atoms with E-state index in [2.05, 4.69) is 15.5 Å². The third-order valence-corrected chi connectivity index (χ3v) is 5.10. The zero-order chi connectivity index (χ0) is 21.1. The summed E-state index contributed by atoms with van der Waals surface area (Å²) in [7, 11) is 0. The molecule has 3 aromatic rings. The van der Waals surface area contributed by atoms with Gasteiger partial charge in [-0.25, -0.2) is 13.2 Å². The van der Waals surface area contributed by atoms with Crippen molar-refractivity contribution in [1.82, 2.24) is 10.2 Å². The van der Waals surface area contributed by atoms with Crippen LogP contribution in [0, 0.1) is 23.4 Å². The molecule has 2 heterocycles. The van der Waals surface area contributed by atoms with Crippen LogP contribution in [0.25, 0.3) is 11.3 Å². The van der Waals surface area contributed by atoms with E-state index in [4.69, 9.17) is 0 Å². The van der Waals surface area contributed by atoms with E-state index in [1.165, 1.54) is 18.2 Å². The van der Waals surface area contributed by atoms with E-state index in [1.54, 1.807) is 18.2 Å². The molecule has 154 valence electrons. The average Bonchev–Trinajstić information content (AvgIpc) is 2.76. The van der Waals surface area contributed by atoms with Gasteiger partial charge in [-0.3, -0.25) is 4.79 Å². The number of hydrogen-bond donors (Lipinski definition) is 1. The Balaban J connectivity index is 1.43. The highest BCUT2D eigenvalue weighted by Gasteiger charge is 2.27. The van der Waals surface area contributed by atoms with Gasteiger partial charge in [0.25, 0.3) is 0 Å². The van der Waals surface area contributed by atoms with Crippen molar-refractivity contribution in [3.8, 4) is 11.3 Å². The minimum absolute atomic E-state index is 0.0398. The molecular weight excluding hydrogens is 393 g/mol. The number of aromatic nitrogens is 2. The van der Waals surface area contributed by atoms with Gasteiger partial charge in [-0.15, -0.1) is 10.2 Å². The van der Waals surface area contributed by atoms with Gasteiger partial charge in [0.2, 0.25) is 5.91 Å². The molecule has 1 saturated heterocycles. The first kappa shape index (κ1) is 19.9. The molecule has 1 fully saturated rings. The summed E-state index contributed by atoms with van der Waals surface area (Å²) < 4.78 is 39.9. The molecule has 1 aliphatic heterocycles.